The predicted octanol–water partition coefficient (Wildman–Crippen LogP) is 1.06. The van der Waals surface area contributed by atoms with Crippen LogP contribution >= 0.6 is 0 Å². The number of ketones is 1. The number of rotatable bonds is 3. The standard InChI is InChI=1S/C12H15N3O2/c16-11(10-4-5-13-9-14-10)8-12(17)15-6-2-1-3-7-15/h4-5,9H,1-3,6-8H2. The molecule has 1 aliphatic rings. The second-order valence-corrected chi connectivity index (χ2v) is 4.14. The smallest absolute Gasteiger partial charge is 0.230 e. The molecule has 2 heterocycles. The van der Waals surface area contributed by atoms with Crippen LogP contribution in [0, 0.1) is 0 Å². The minimum Gasteiger partial charge on any atom is -0.342 e. The van der Waals surface area contributed by atoms with Crippen molar-refractivity contribution in [3.05, 3.63) is 24.3 Å². The van der Waals surface area contributed by atoms with Crippen LogP contribution in [0.15, 0.2) is 18.6 Å². The van der Waals surface area contributed by atoms with E-state index in [0.29, 0.717) is 5.69 Å². The van der Waals surface area contributed by atoms with Crippen LogP contribution in [0.2, 0.25) is 0 Å². The van der Waals surface area contributed by atoms with Crippen LogP contribution in [-0.4, -0.2) is 39.6 Å². The van der Waals surface area contributed by atoms with Gasteiger partial charge in [0.1, 0.15) is 12.0 Å². The van der Waals surface area contributed by atoms with E-state index in [9.17, 15) is 9.59 Å². The van der Waals surface area contributed by atoms with Crippen LogP contribution in [0.25, 0.3) is 0 Å². The van der Waals surface area contributed by atoms with Gasteiger partial charge in [-0.25, -0.2) is 9.97 Å². The fraction of sp³-hybridized carbons (Fsp3) is 0.500. The lowest BCUT2D eigenvalue weighted by atomic mass is 10.1. The monoisotopic (exact) mass is 233 g/mol. The Balaban J connectivity index is 1.92. The Bertz CT molecular complexity index is 399. The van der Waals surface area contributed by atoms with E-state index in [1.165, 1.54) is 25.0 Å². The number of aromatic nitrogens is 2. The second kappa shape index (κ2) is 5.52. The maximum Gasteiger partial charge on any atom is 0.230 e. The summed E-state index contributed by atoms with van der Waals surface area (Å²) in [6, 6.07) is 1.53. The summed E-state index contributed by atoms with van der Waals surface area (Å²) in [5.41, 5.74) is 0.311. The Kier molecular flexibility index (Phi) is 3.80. The number of carbonyl (C=O) groups excluding carboxylic acids is 2. The number of Topliss-reactive ketones (excluding diaryl/α,β-unsaturated/α-hetero) is 1. The van der Waals surface area contributed by atoms with Crippen molar-refractivity contribution in [2.45, 2.75) is 25.7 Å². The predicted molar refractivity (Wildman–Crippen MR) is 61.4 cm³/mol. The second-order valence-electron chi connectivity index (χ2n) is 4.14. The molecule has 90 valence electrons. The van der Waals surface area contributed by atoms with E-state index in [-0.39, 0.29) is 18.1 Å². The minimum atomic E-state index is -0.233. The average molecular weight is 233 g/mol. The van der Waals surface area contributed by atoms with E-state index < -0.39 is 0 Å². The van der Waals surface area contributed by atoms with Gasteiger partial charge in [-0.2, -0.15) is 0 Å². The largest absolute Gasteiger partial charge is 0.342 e. The van der Waals surface area contributed by atoms with Gasteiger partial charge in [-0.1, -0.05) is 0 Å². The third-order valence-corrected chi connectivity index (χ3v) is 2.89. The zero-order chi connectivity index (χ0) is 12.1. The van der Waals surface area contributed by atoms with Crippen LogP contribution in [0.1, 0.15) is 36.2 Å². The molecule has 0 bridgehead atoms. The lowest BCUT2D eigenvalue weighted by Gasteiger charge is -2.26. The van der Waals surface area contributed by atoms with Crippen molar-refractivity contribution >= 4 is 11.7 Å². The molecule has 1 amide bonds. The van der Waals surface area contributed by atoms with E-state index in [1.807, 2.05) is 0 Å². The Labute approximate surface area is 99.9 Å². The fourth-order valence-corrected chi connectivity index (χ4v) is 1.94. The van der Waals surface area contributed by atoms with Gasteiger partial charge in [-0.05, 0) is 25.3 Å². The Morgan fingerprint density at radius 2 is 2.00 bits per heavy atom. The summed E-state index contributed by atoms with van der Waals surface area (Å²) >= 11 is 0. The molecule has 1 fully saturated rings. The lowest BCUT2D eigenvalue weighted by molar-refractivity contribution is -0.131. The molecule has 1 aliphatic heterocycles. The third kappa shape index (κ3) is 3.09. The minimum absolute atomic E-state index is 0.0863. The van der Waals surface area contributed by atoms with Crippen molar-refractivity contribution < 1.29 is 9.59 Å². The first-order chi connectivity index (χ1) is 8.27. The summed E-state index contributed by atoms with van der Waals surface area (Å²) in [6.45, 7) is 1.55. The maximum atomic E-state index is 11.8. The van der Waals surface area contributed by atoms with Gasteiger partial charge in [0.05, 0.1) is 6.42 Å². The summed E-state index contributed by atoms with van der Waals surface area (Å²) < 4.78 is 0. The molecule has 1 saturated heterocycles. The molecule has 2 rings (SSSR count). The molecule has 1 aromatic heterocycles. The van der Waals surface area contributed by atoms with Crippen LogP contribution in [0.4, 0.5) is 0 Å². The normalized spacial score (nSPS) is 15.6. The molecule has 0 atom stereocenters. The average Bonchev–Trinajstić information content (AvgIpc) is 2.40. The highest BCUT2D eigenvalue weighted by Gasteiger charge is 2.20. The van der Waals surface area contributed by atoms with Crippen LogP contribution in [0.5, 0.6) is 0 Å². The van der Waals surface area contributed by atoms with E-state index in [0.717, 1.165) is 25.9 Å². The van der Waals surface area contributed by atoms with Gasteiger partial charge in [0.15, 0.2) is 5.78 Å². The van der Waals surface area contributed by atoms with Crippen molar-refractivity contribution in [2.24, 2.45) is 0 Å². The first-order valence-electron chi connectivity index (χ1n) is 5.84. The van der Waals surface area contributed by atoms with Gasteiger partial charge in [-0.15, -0.1) is 0 Å². The quantitative estimate of drug-likeness (QED) is 0.578. The number of piperidine rings is 1. The number of amides is 1. The number of carbonyl (C=O) groups is 2. The van der Waals surface area contributed by atoms with Crippen molar-refractivity contribution in [3.63, 3.8) is 0 Å². The molecule has 0 N–H and O–H groups in total. The number of nitrogens with zero attached hydrogens (tertiary/aromatic N) is 3. The first-order valence-corrected chi connectivity index (χ1v) is 5.84. The SMILES string of the molecule is O=C(CC(=O)N1CCCCC1)c1ccncn1. The molecule has 0 unspecified atom stereocenters. The van der Waals surface area contributed by atoms with E-state index in [1.54, 1.807) is 4.90 Å². The van der Waals surface area contributed by atoms with Gasteiger partial charge < -0.3 is 4.90 Å². The first kappa shape index (κ1) is 11.7. The third-order valence-electron chi connectivity index (χ3n) is 2.89. The number of hydrogen-bond acceptors (Lipinski definition) is 4. The van der Waals surface area contributed by atoms with Gasteiger partial charge in [-0.3, -0.25) is 9.59 Å². The highest BCUT2D eigenvalue weighted by atomic mass is 16.2. The molecule has 0 radical (unpaired) electrons. The van der Waals surface area contributed by atoms with E-state index in [2.05, 4.69) is 9.97 Å². The summed E-state index contributed by atoms with van der Waals surface area (Å²) in [5.74, 6) is -0.323. The van der Waals surface area contributed by atoms with Crippen molar-refractivity contribution in [1.29, 1.82) is 0 Å². The van der Waals surface area contributed by atoms with Crippen LogP contribution < -0.4 is 0 Å². The van der Waals surface area contributed by atoms with Crippen molar-refractivity contribution in [2.75, 3.05) is 13.1 Å². The summed E-state index contributed by atoms with van der Waals surface area (Å²) in [6.07, 6.45) is 5.98. The van der Waals surface area contributed by atoms with Crippen LogP contribution in [-0.2, 0) is 4.79 Å². The molecular weight excluding hydrogens is 218 g/mol. The van der Waals surface area contributed by atoms with E-state index in [4.69, 9.17) is 0 Å². The van der Waals surface area contributed by atoms with Crippen LogP contribution in [0.3, 0.4) is 0 Å². The molecular formula is C12H15N3O2. The molecule has 5 nitrogen and oxygen atoms in total. The van der Waals surface area contributed by atoms with Gasteiger partial charge >= 0.3 is 0 Å². The Morgan fingerprint density at radius 3 is 2.65 bits per heavy atom. The molecule has 0 saturated carbocycles. The molecule has 5 heteroatoms. The Hall–Kier alpha value is -1.78. The zero-order valence-corrected chi connectivity index (χ0v) is 9.63. The molecule has 0 spiro atoms. The number of hydrogen-bond donors (Lipinski definition) is 0. The summed E-state index contributed by atoms with van der Waals surface area (Å²) in [4.78, 5) is 33.0. The molecule has 0 aliphatic carbocycles. The zero-order valence-electron chi connectivity index (χ0n) is 9.63. The lowest BCUT2D eigenvalue weighted by Crippen LogP contribution is -2.36. The number of likely N-dealkylation sites (tertiary alicyclic amines) is 1. The molecule has 1 aromatic rings. The molecule has 17 heavy (non-hydrogen) atoms. The highest BCUT2D eigenvalue weighted by molar-refractivity contribution is 6.06. The van der Waals surface area contributed by atoms with Gasteiger partial charge in [0.2, 0.25) is 5.91 Å². The van der Waals surface area contributed by atoms with E-state index >= 15 is 0 Å². The summed E-state index contributed by atoms with van der Waals surface area (Å²) in [5, 5.41) is 0. The summed E-state index contributed by atoms with van der Waals surface area (Å²) in [7, 11) is 0. The van der Waals surface area contributed by atoms with Gasteiger partial charge in [0, 0.05) is 19.3 Å². The fourth-order valence-electron chi connectivity index (χ4n) is 1.94. The van der Waals surface area contributed by atoms with Crippen molar-refractivity contribution in [3.8, 4) is 0 Å². The van der Waals surface area contributed by atoms with Crippen molar-refractivity contribution in [1.82, 2.24) is 14.9 Å². The molecule has 0 aromatic carbocycles. The topological polar surface area (TPSA) is 63.2 Å². The highest BCUT2D eigenvalue weighted by Crippen LogP contribution is 2.11. The van der Waals surface area contributed by atoms with Gasteiger partial charge in [0.25, 0.3) is 0 Å². The Morgan fingerprint density at radius 1 is 1.24 bits per heavy atom. The maximum absolute atomic E-state index is 11.8.